The van der Waals surface area contributed by atoms with Gasteiger partial charge in [0.2, 0.25) is 6.23 Å². The summed E-state index contributed by atoms with van der Waals surface area (Å²) < 4.78 is 12.7. The predicted molar refractivity (Wildman–Crippen MR) is 123 cm³/mol. The Balaban J connectivity index is 1.60. The van der Waals surface area contributed by atoms with Gasteiger partial charge in [0.05, 0.1) is 23.9 Å². The van der Waals surface area contributed by atoms with Crippen molar-refractivity contribution in [2.24, 2.45) is 5.10 Å². The summed E-state index contributed by atoms with van der Waals surface area (Å²) in [6, 6.07) is 19.6. The van der Waals surface area contributed by atoms with Gasteiger partial charge in [0.1, 0.15) is 11.5 Å². The molecule has 7 heteroatoms. The molecule has 2 atom stereocenters. The fourth-order valence-electron chi connectivity index (χ4n) is 3.92. The zero-order valence-corrected chi connectivity index (χ0v) is 19.1. The maximum atomic E-state index is 6.52. The Kier molecular flexibility index (Phi) is 5.13. The van der Waals surface area contributed by atoms with Gasteiger partial charge in [-0.3, -0.25) is 0 Å². The lowest BCUT2D eigenvalue weighted by Crippen LogP contribution is -2.33. The molecular formula is C23H17BrCl2N2O2. The van der Waals surface area contributed by atoms with Gasteiger partial charge in [-0.2, -0.15) is 5.10 Å². The molecular weight excluding hydrogens is 487 g/mol. The molecule has 152 valence electrons. The first-order valence-corrected chi connectivity index (χ1v) is 11.0. The molecule has 5 rings (SSSR count). The molecule has 0 aromatic heterocycles. The zero-order chi connectivity index (χ0) is 20.8. The summed E-state index contributed by atoms with van der Waals surface area (Å²) in [7, 11) is 1.66. The van der Waals surface area contributed by atoms with E-state index in [4.69, 9.17) is 37.8 Å². The smallest absolute Gasteiger partial charge is 0.213 e. The normalized spacial score (nSPS) is 19.6. The van der Waals surface area contributed by atoms with Gasteiger partial charge in [-0.05, 0) is 54.1 Å². The number of halogens is 3. The first-order chi connectivity index (χ1) is 14.5. The van der Waals surface area contributed by atoms with E-state index in [2.05, 4.69) is 15.9 Å². The second kappa shape index (κ2) is 7.80. The first kappa shape index (κ1) is 19.7. The fraction of sp³-hybridized carbons (Fsp3) is 0.174. The molecule has 0 fully saturated rings. The topological polar surface area (TPSA) is 34.1 Å². The van der Waals surface area contributed by atoms with Crippen LogP contribution in [0.2, 0.25) is 10.0 Å². The van der Waals surface area contributed by atoms with Gasteiger partial charge in [-0.1, -0.05) is 51.3 Å². The van der Waals surface area contributed by atoms with Crippen molar-refractivity contribution in [1.29, 1.82) is 0 Å². The van der Waals surface area contributed by atoms with Crippen molar-refractivity contribution in [3.05, 3.63) is 91.9 Å². The third-order valence-corrected chi connectivity index (χ3v) is 6.41. The molecule has 0 saturated carbocycles. The first-order valence-electron chi connectivity index (χ1n) is 9.45. The number of benzene rings is 3. The lowest BCUT2D eigenvalue weighted by molar-refractivity contribution is -0.0189. The van der Waals surface area contributed by atoms with Gasteiger partial charge < -0.3 is 9.47 Å². The third-order valence-electron chi connectivity index (χ3n) is 5.39. The molecule has 0 radical (unpaired) electrons. The van der Waals surface area contributed by atoms with Crippen molar-refractivity contribution in [3.63, 3.8) is 0 Å². The standard InChI is InChI=1S/C23H17BrCl2N2O2/c1-29-17-8-4-13(5-9-17)20-12-21-18-10-16(25)11-19(26)22(18)30-23(28(21)27-20)14-2-6-15(24)7-3-14/h2-11,21,23H,12H2,1H3/t21-,23-/m0/s1. The molecule has 2 aliphatic rings. The van der Waals surface area contributed by atoms with E-state index in [1.54, 1.807) is 13.2 Å². The number of rotatable bonds is 3. The van der Waals surface area contributed by atoms with E-state index in [0.29, 0.717) is 15.8 Å². The number of nitrogens with zero attached hydrogens (tertiary/aromatic N) is 2. The zero-order valence-electron chi connectivity index (χ0n) is 16.0. The van der Waals surface area contributed by atoms with Gasteiger partial charge in [0.15, 0.2) is 0 Å². The van der Waals surface area contributed by atoms with Crippen molar-refractivity contribution in [2.45, 2.75) is 18.7 Å². The SMILES string of the molecule is COc1ccc(C2=NN3[C@@H](C2)c2cc(Cl)cc(Cl)c2O[C@H]3c2ccc(Br)cc2)cc1. The fourth-order valence-corrected chi connectivity index (χ4v) is 4.74. The minimum atomic E-state index is -0.384. The Morgan fingerprint density at radius 1 is 1.07 bits per heavy atom. The van der Waals surface area contributed by atoms with E-state index in [9.17, 15) is 0 Å². The van der Waals surface area contributed by atoms with Gasteiger partial charge in [0.25, 0.3) is 0 Å². The second-order valence-electron chi connectivity index (χ2n) is 7.20. The summed E-state index contributed by atoms with van der Waals surface area (Å²) in [5.41, 5.74) is 3.99. The van der Waals surface area contributed by atoms with Crippen LogP contribution in [-0.2, 0) is 0 Å². The van der Waals surface area contributed by atoms with Gasteiger partial charge >= 0.3 is 0 Å². The van der Waals surface area contributed by atoms with Gasteiger partial charge in [0, 0.05) is 27.0 Å². The van der Waals surface area contributed by atoms with Crippen molar-refractivity contribution in [1.82, 2.24) is 5.01 Å². The molecule has 0 bridgehead atoms. The highest BCUT2D eigenvalue weighted by atomic mass is 79.9. The second-order valence-corrected chi connectivity index (χ2v) is 8.96. The minimum Gasteiger partial charge on any atom is -0.497 e. The van der Waals surface area contributed by atoms with Crippen LogP contribution >= 0.6 is 39.1 Å². The summed E-state index contributed by atoms with van der Waals surface area (Å²) >= 11 is 16.3. The molecule has 30 heavy (non-hydrogen) atoms. The molecule has 0 aliphatic carbocycles. The number of hydrazone groups is 1. The van der Waals surface area contributed by atoms with Crippen molar-refractivity contribution in [2.75, 3.05) is 7.11 Å². The molecule has 4 nitrogen and oxygen atoms in total. The maximum absolute atomic E-state index is 6.52. The third kappa shape index (κ3) is 3.45. The van der Waals surface area contributed by atoms with Crippen molar-refractivity contribution >= 4 is 44.8 Å². The largest absolute Gasteiger partial charge is 0.497 e. The molecule has 3 aromatic rings. The van der Waals surface area contributed by atoms with E-state index in [1.807, 2.05) is 59.6 Å². The number of methoxy groups -OCH3 is 1. The minimum absolute atomic E-state index is 0.0179. The van der Waals surface area contributed by atoms with E-state index < -0.39 is 0 Å². The van der Waals surface area contributed by atoms with Crippen LogP contribution in [0.15, 0.2) is 70.2 Å². The van der Waals surface area contributed by atoms with Crippen LogP contribution in [0.1, 0.15) is 35.4 Å². The average Bonchev–Trinajstić information content (AvgIpc) is 3.20. The summed E-state index contributed by atoms with van der Waals surface area (Å²) in [4.78, 5) is 0. The Labute approximate surface area is 193 Å². The lowest BCUT2D eigenvalue weighted by atomic mass is 9.96. The Morgan fingerprint density at radius 2 is 1.80 bits per heavy atom. The predicted octanol–water partition coefficient (Wildman–Crippen LogP) is 7.01. The van der Waals surface area contributed by atoms with Crippen LogP contribution in [0.5, 0.6) is 11.5 Å². The van der Waals surface area contributed by atoms with E-state index in [0.717, 1.165) is 39.0 Å². The number of fused-ring (bicyclic) bond motifs is 3. The number of ether oxygens (including phenoxy) is 2. The van der Waals surface area contributed by atoms with Gasteiger partial charge in [-0.15, -0.1) is 0 Å². The van der Waals surface area contributed by atoms with Crippen LogP contribution in [0, 0.1) is 0 Å². The van der Waals surface area contributed by atoms with Crippen molar-refractivity contribution < 1.29 is 9.47 Å². The van der Waals surface area contributed by atoms with Crippen molar-refractivity contribution in [3.8, 4) is 11.5 Å². The van der Waals surface area contributed by atoms with Crippen LogP contribution in [0.4, 0.5) is 0 Å². The summed E-state index contributed by atoms with van der Waals surface area (Å²) in [6.45, 7) is 0. The number of hydrogen-bond acceptors (Lipinski definition) is 4. The summed E-state index contributed by atoms with van der Waals surface area (Å²) in [6.07, 6.45) is 0.344. The van der Waals surface area contributed by atoms with Crippen LogP contribution in [-0.4, -0.2) is 17.8 Å². The molecule has 0 unspecified atom stereocenters. The van der Waals surface area contributed by atoms with Gasteiger partial charge in [-0.25, -0.2) is 5.01 Å². The summed E-state index contributed by atoms with van der Waals surface area (Å²) in [5, 5.41) is 8.07. The highest BCUT2D eigenvalue weighted by Gasteiger charge is 2.42. The van der Waals surface area contributed by atoms with E-state index in [1.165, 1.54) is 0 Å². The summed E-state index contributed by atoms with van der Waals surface area (Å²) in [5.74, 6) is 1.48. The number of hydrogen-bond donors (Lipinski definition) is 0. The Hall–Kier alpha value is -2.21. The van der Waals surface area contributed by atoms with E-state index in [-0.39, 0.29) is 12.3 Å². The molecule has 2 aliphatic heterocycles. The highest BCUT2D eigenvalue weighted by Crippen LogP contribution is 2.50. The van der Waals surface area contributed by atoms with E-state index >= 15 is 0 Å². The maximum Gasteiger partial charge on any atom is 0.213 e. The average molecular weight is 504 g/mol. The molecule has 2 heterocycles. The molecule has 0 spiro atoms. The molecule has 0 amide bonds. The van der Waals surface area contributed by atoms with Crippen LogP contribution in [0.3, 0.4) is 0 Å². The Morgan fingerprint density at radius 3 is 2.50 bits per heavy atom. The van der Waals surface area contributed by atoms with Crippen LogP contribution in [0.25, 0.3) is 0 Å². The highest BCUT2D eigenvalue weighted by molar-refractivity contribution is 9.10. The van der Waals surface area contributed by atoms with Crippen LogP contribution < -0.4 is 9.47 Å². The quantitative estimate of drug-likeness (QED) is 0.385. The lowest BCUT2D eigenvalue weighted by Gasteiger charge is -2.38. The molecule has 0 N–H and O–H groups in total. The monoisotopic (exact) mass is 502 g/mol. The molecule has 3 aromatic carbocycles. The molecule has 0 saturated heterocycles. The Bertz CT molecular complexity index is 1130.